The number of carbonyl (C=O) groups is 2. The normalized spacial score (nSPS) is 11.7. The smallest absolute Gasteiger partial charge is 0.342 e. The molecule has 0 unspecified atom stereocenters. The highest BCUT2D eigenvalue weighted by Gasteiger charge is 2.26. The number of rotatable bonds is 7. The van der Waals surface area contributed by atoms with Gasteiger partial charge in [-0.15, -0.1) is 0 Å². The summed E-state index contributed by atoms with van der Waals surface area (Å²) in [6, 6.07) is 19.5. The molecule has 3 aromatic rings. The molecule has 0 aliphatic carbocycles. The first-order chi connectivity index (χ1) is 14.0. The maximum Gasteiger partial charge on any atom is 0.342 e. The minimum absolute atomic E-state index is 0.243. The van der Waals surface area contributed by atoms with E-state index in [1.54, 1.807) is 30.5 Å². The van der Waals surface area contributed by atoms with Crippen LogP contribution in [0, 0.1) is 6.92 Å². The van der Waals surface area contributed by atoms with Crippen molar-refractivity contribution in [3.8, 4) is 0 Å². The van der Waals surface area contributed by atoms with Gasteiger partial charge in [0.15, 0.2) is 6.10 Å². The van der Waals surface area contributed by atoms with Crippen LogP contribution in [0.3, 0.4) is 0 Å². The second-order valence-electron chi connectivity index (χ2n) is 6.98. The van der Waals surface area contributed by atoms with Gasteiger partial charge in [0, 0.05) is 25.8 Å². The molecule has 6 nitrogen and oxygen atoms in total. The molecule has 0 N–H and O–H groups in total. The molecule has 0 aliphatic rings. The van der Waals surface area contributed by atoms with E-state index in [-0.39, 0.29) is 5.91 Å². The fourth-order valence-electron chi connectivity index (χ4n) is 3.05. The van der Waals surface area contributed by atoms with Gasteiger partial charge in [0.2, 0.25) is 0 Å². The van der Waals surface area contributed by atoms with Crippen LogP contribution >= 0.6 is 0 Å². The highest BCUT2D eigenvalue weighted by atomic mass is 16.5. The minimum atomic E-state index is -0.908. The maximum absolute atomic E-state index is 13.1. The van der Waals surface area contributed by atoms with Crippen LogP contribution in [-0.4, -0.2) is 32.7 Å². The number of aromatic nitrogens is 2. The molecule has 150 valence electrons. The first kappa shape index (κ1) is 20.3. The zero-order valence-corrected chi connectivity index (χ0v) is 16.9. The molecule has 0 saturated heterocycles. The second kappa shape index (κ2) is 9.19. The van der Waals surface area contributed by atoms with Crippen LogP contribution in [0.2, 0.25) is 0 Å². The fraction of sp³-hybridized carbons (Fsp3) is 0.261. The summed E-state index contributed by atoms with van der Waals surface area (Å²) in [6.45, 7) is 4.26. The van der Waals surface area contributed by atoms with Crippen LogP contribution in [0.4, 0.5) is 0 Å². The second-order valence-corrected chi connectivity index (χ2v) is 6.98. The number of carbonyl (C=O) groups excluding carboxylic acids is 2. The largest absolute Gasteiger partial charge is 0.449 e. The molecule has 0 bridgehead atoms. The summed E-state index contributed by atoms with van der Waals surface area (Å²) in [4.78, 5) is 27.3. The number of benzene rings is 2. The Morgan fingerprint density at radius 3 is 1.97 bits per heavy atom. The van der Waals surface area contributed by atoms with Gasteiger partial charge >= 0.3 is 5.97 Å². The predicted octanol–water partition coefficient (Wildman–Crippen LogP) is 3.50. The highest BCUT2D eigenvalue weighted by Crippen LogP contribution is 2.15. The van der Waals surface area contributed by atoms with Gasteiger partial charge < -0.3 is 9.64 Å². The molecular formula is C23H25N3O3. The lowest BCUT2D eigenvalue weighted by Gasteiger charge is -2.26. The molecule has 0 spiro atoms. The molecule has 0 radical (unpaired) electrons. The number of esters is 1. The van der Waals surface area contributed by atoms with E-state index >= 15 is 0 Å². The van der Waals surface area contributed by atoms with Crippen LogP contribution in [-0.2, 0) is 29.7 Å². The summed E-state index contributed by atoms with van der Waals surface area (Å²) < 4.78 is 7.06. The van der Waals surface area contributed by atoms with Crippen molar-refractivity contribution in [2.75, 3.05) is 0 Å². The van der Waals surface area contributed by atoms with E-state index < -0.39 is 12.1 Å². The highest BCUT2D eigenvalue weighted by molar-refractivity contribution is 5.93. The van der Waals surface area contributed by atoms with Gasteiger partial charge in [0.25, 0.3) is 5.91 Å². The molecule has 29 heavy (non-hydrogen) atoms. The Hall–Kier alpha value is -3.41. The lowest BCUT2D eigenvalue weighted by atomic mass is 10.1. The molecule has 1 amide bonds. The molecule has 1 atom stereocenters. The van der Waals surface area contributed by atoms with Crippen molar-refractivity contribution in [2.24, 2.45) is 7.05 Å². The lowest BCUT2D eigenvalue weighted by molar-refractivity contribution is -0.141. The van der Waals surface area contributed by atoms with Gasteiger partial charge in [-0.25, -0.2) is 4.79 Å². The van der Waals surface area contributed by atoms with Crippen LogP contribution in [0.25, 0.3) is 0 Å². The predicted molar refractivity (Wildman–Crippen MR) is 110 cm³/mol. The number of amides is 1. The Morgan fingerprint density at radius 1 is 1.00 bits per heavy atom. The van der Waals surface area contributed by atoms with E-state index in [4.69, 9.17) is 4.74 Å². The number of hydrogen-bond donors (Lipinski definition) is 0. The molecule has 0 fully saturated rings. The zero-order chi connectivity index (χ0) is 20.8. The standard InChI is InChI=1S/C23H25N3O3/c1-17-21(14-24-25(17)3)23(28)29-18(2)22(27)26(15-19-10-6-4-7-11-19)16-20-12-8-5-9-13-20/h4-14,18H,15-16H2,1-3H3/t18-/m1/s1. The average molecular weight is 391 g/mol. The third kappa shape index (κ3) is 5.10. The molecular weight excluding hydrogens is 366 g/mol. The molecule has 0 aliphatic heterocycles. The molecule has 2 aromatic carbocycles. The molecule has 1 aromatic heterocycles. The van der Waals surface area contributed by atoms with Gasteiger partial charge in [-0.3, -0.25) is 9.48 Å². The molecule has 0 saturated carbocycles. The van der Waals surface area contributed by atoms with E-state index in [2.05, 4.69) is 5.10 Å². The number of hydrogen-bond acceptors (Lipinski definition) is 4. The maximum atomic E-state index is 13.1. The average Bonchev–Trinajstić information content (AvgIpc) is 3.07. The van der Waals surface area contributed by atoms with Crippen molar-refractivity contribution < 1.29 is 14.3 Å². The summed E-state index contributed by atoms with van der Waals surface area (Å²) in [6.07, 6.45) is 0.551. The van der Waals surface area contributed by atoms with Gasteiger partial charge in [-0.1, -0.05) is 60.7 Å². The van der Waals surface area contributed by atoms with Gasteiger partial charge in [0.1, 0.15) is 5.56 Å². The minimum Gasteiger partial charge on any atom is -0.449 e. The van der Waals surface area contributed by atoms with Gasteiger partial charge in [-0.05, 0) is 25.0 Å². The Balaban J connectivity index is 1.75. The first-order valence-electron chi connectivity index (χ1n) is 9.52. The van der Waals surface area contributed by atoms with E-state index in [0.29, 0.717) is 24.3 Å². The Morgan fingerprint density at radius 2 is 1.52 bits per heavy atom. The Kier molecular flexibility index (Phi) is 6.44. The summed E-state index contributed by atoms with van der Waals surface area (Å²) in [5.74, 6) is -0.788. The van der Waals surface area contributed by atoms with Crippen LogP contribution in [0.1, 0.15) is 34.1 Å². The van der Waals surface area contributed by atoms with Crippen molar-refractivity contribution >= 4 is 11.9 Å². The summed E-state index contributed by atoms with van der Waals surface area (Å²) in [7, 11) is 1.75. The quantitative estimate of drug-likeness (QED) is 0.578. The third-order valence-electron chi connectivity index (χ3n) is 4.83. The van der Waals surface area contributed by atoms with Crippen molar-refractivity contribution in [1.82, 2.24) is 14.7 Å². The van der Waals surface area contributed by atoms with E-state index in [9.17, 15) is 9.59 Å². The number of nitrogens with zero attached hydrogens (tertiary/aromatic N) is 3. The van der Waals surface area contributed by atoms with E-state index in [1.165, 1.54) is 6.20 Å². The summed E-state index contributed by atoms with van der Waals surface area (Å²) in [5, 5.41) is 4.06. The Bertz CT molecular complexity index is 926. The third-order valence-corrected chi connectivity index (χ3v) is 4.83. The van der Waals surface area contributed by atoms with Crippen molar-refractivity contribution in [1.29, 1.82) is 0 Å². The van der Waals surface area contributed by atoms with Crippen LogP contribution < -0.4 is 0 Å². The molecule has 1 heterocycles. The van der Waals surface area contributed by atoms with E-state index in [1.807, 2.05) is 60.7 Å². The molecule has 3 rings (SSSR count). The topological polar surface area (TPSA) is 64.4 Å². The van der Waals surface area contributed by atoms with Crippen LogP contribution in [0.5, 0.6) is 0 Å². The van der Waals surface area contributed by atoms with E-state index in [0.717, 1.165) is 11.1 Å². The number of ether oxygens (including phenoxy) is 1. The first-order valence-corrected chi connectivity index (χ1v) is 9.52. The zero-order valence-electron chi connectivity index (χ0n) is 16.9. The number of aryl methyl sites for hydroxylation is 1. The molecule has 6 heteroatoms. The SMILES string of the molecule is Cc1c(C(=O)O[C@H](C)C(=O)N(Cc2ccccc2)Cc2ccccc2)cnn1C. The van der Waals surface area contributed by atoms with Gasteiger partial charge in [0.05, 0.1) is 6.20 Å². The lowest BCUT2D eigenvalue weighted by Crippen LogP contribution is -2.39. The monoisotopic (exact) mass is 391 g/mol. The van der Waals surface area contributed by atoms with Gasteiger partial charge in [-0.2, -0.15) is 5.10 Å². The van der Waals surface area contributed by atoms with Crippen molar-refractivity contribution in [2.45, 2.75) is 33.0 Å². The van der Waals surface area contributed by atoms with Crippen molar-refractivity contribution in [3.05, 3.63) is 89.2 Å². The summed E-state index contributed by atoms with van der Waals surface area (Å²) in [5.41, 5.74) is 3.08. The Labute approximate surface area is 170 Å². The summed E-state index contributed by atoms with van der Waals surface area (Å²) >= 11 is 0. The van der Waals surface area contributed by atoms with Crippen molar-refractivity contribution in [3.63, 3.8) is 0 Å². The fourth-order valence-corrected chi connectivity index (χ4v) is 3.05. The van der Waals surface area contributed by atoms with Crippen LogP contribution in [0.15, 0.2) is 66.9 Å².